The van der Waals surface area contributed by atoms with Gasteiger partial charge in [-0.25, -0.2) is 4.98 Å². The Bertz CT molecular complexity index is 1100. The van der Waals surface area contributed by atoms with Gasteiger partial charge in [0.2, 0.25) is 11.9 Å². The minimum Gasteiger partial charge on any atom is -0.365 e. The SMILES string of the molecule is Cn1cc([C@@H]2C[C@H]2C(=O)Nc2ncc(C(N)=O)c(Nc3ccccc3Br)n2)cn1. The van der Waals surface area contributed by atoms with Crippen molar-refractivity contribution >= 4 is 45.2 Å². The largest absolute Gasteiger partial charge is 0.365 e. The Morgan fingerprint density at radius 2 is 2.07 bits per heavy atom. The van der Waals surface area contributed by atoms with E-state index >= 15 is 0 Å². The first-order chi connectivity index (χ1) is 13.9. The summed E-state index contributed by atoms with van der Waals surface area (Å²) in [4.78, 5) is 32.7. The van der Waals surface area contributed by atoms with Gasteiger partial charge >= 0.3 is 0 Å². The van der Waals surface area contributed by atoms with Gasteiger partial charge < -0.3 is 11.1 Å². The van der Waals surface area contributed by atoms with Crippen LogP contribution < -0.4 is 16.4 Å². The molecule has 2 amide bonds. The van der Waals surface area contributed by atoms with Crippen molar-refractivity contribution in [2.75, 3.05) is 10.6 Å². The molecule has 0 bridgehead atoms. The maximum atomic E-state index is 12.6. The van der Waals surface area contributed by atoms with Crippen LogP contribution in [0.15, 0.2) is 47.3 Å². The van der Waals surface area contributed by atoms with Crippen LogP contribution in [-0.4, -0.2) is 31.6 Å². The van der Waals surface area contributed by atoms with E-state index in [1.807, 2.05) is 37.5 Å². The fourth-order valence-corrected chi connectivity index (χ4v) is 3.48. The van der Waals surface area contributed by atoms with E-state index in [0.29, 0.717) is 5.69 Å². The zero-order chi connectivity index (χ0) is 20.5. The molecule has 4 N–H and O–H groups in total. The lowest BCUT2D eigenvalue weighted by Gasteiger charge is -2.12. The van der Waals surface area contributed by atoms with Gasteiger partial charge in [-0.2, -0.15) is 10.1 Å². The molecule has 0 spiro atoms. The van der Waals surface area contributed by atoms with Gasteiger partial charge in [0, 0.05) is 29.8 Å². The van der Waals surface area contributed by atoms with Crippen LogP contribution in [-0.2, 0) is 11.8 Å². The van der Waals surface area contributed by atoms with E-state index in [0.717, 1.165) is 16.5 Å². The number of amides is 2. The maximum absolute atomic E-state index is 12.6. The zero-order valence-corrected chi connectivity index (χ0v) is 17.0. The third kappa shape index (κ3) is 4.11. The highest BCUT2D eigenvalue weighted by Gasteiger charge is 2.44. The molecule has 0 unspecified atom stereocenters. The van der Waals surface area contributed by atoms with Gasteiger partial charge in [-0.15, -0.1) is 0 Å². The van der Waals surface area contributed by atoms with Crippen LogP contribution in [0, 0.1) is 5.92 Å². The summed E-state index contributed by atoms with van der Waals surface area (Å²) >= 11 is 3.43. The van der Waals surface area contributed by atoms with E-state index in [9.17, 15) is 9.59 Å². The number of aryl methyl sites for hydroxylation is 1. The van der Waals surface area contributed by atoms with E-state index in [4.69, 9.17) is 5.73 Å². The average Bonchev–Trinajstić information content (AvgIpc) is 3.37. The van der Waals surface area contributed by atoms with E-state index < -0.39 is 5.91 Å². The zero-order valence-electron chi connectivity index (χ0n) is 15.5. The summed E-state index contributed by atoms with van der Waals surface area (Å²) in [6, 6.07) is 7.37. The Kier molecular flexibility index (Phi) is 5.01. The van der Waals surface area contributed by atoms with Crippen molar-refractivity contribution in [3.05, 3.63) is 58.5 Å². The Morgan fingerprint density at radius 1 is 1.28 bits per heavy atom. The van der Waals surface area contributed by atoms with E-state index in [2.05, 4.69) is 41.6 Å². The second-order valence-electron chi connectivity index (χ2n) is 6.81. The number of carbonyl (C=O) groups excluding carboxylic acids is 2. The molecule has 1 aromatic carbocycles. The molecule has 0 aliphatic heterocycles. The third-order valence-electron chi connectivity index (χ3n) is 4.70. The predicted octanol–water partition coefficient (Wildman–Crippen LogP) is 2.56. The van der Waals surface area contributed by atoms with Crippen LogP contribution in [0.1, 0.15) is 28.3 Å². The molecule has 1 fully saturated rings. The number of hydrogen-bond acceptors (Lipinski definition) is 6. The number of carbonyl (C=O) groups is 2. The third-order valence-corrected chi connectivity index (χ3v) is 5.39. The summed E-state index contributed by atoms with van der Waals surface area (Å²) in [5, 5.41) is 9.93. The van der Waals surface area contributed by atoms with Crippen LogP contribution in [0.3, 0.4) is 0 Å². The van der Waals surface area contributed by atoms with Gasteiger partial charge in [0.15, 0.2) is 0 Å². The molecule has 2 heterocycles. The molecule has 4 rings (SSSR count). The molecule has 1 aliphatic carbocycles. The molecule has 0 saturated heterocycles. The monoisotopic (exact) mass is 455 g/mol. The summed E-state index contributed by atoms with van der Waals surface area (Å²) in [6.45, 7) is 0. The molecule has 1 aliphatic rings. The van der Waals surface area contributed by atoms with Crippen LogP contribution in [0.2, 0.25) is 0 Å². The fourth-order valence-electron chi connectivity index (χ4n) is 3.10. The molecule has 1 saturated carbocycles. The molecular formula is C19H18BrN7O2. The minimum atomic E-state index is -0.670. The normalized spacial score (nSPS) is 17.6. The number of primary amides is 1. The van der Waals surface area contributed by atoms with Crippen molar-refractivity contribution in [2.45, 2.75) is 12.3 Å². The molecule has 9 nitrogen and oxygen atoms in total. The number of aromatic nitrogens is 4. The molecular weight excluding hydrogens is 438 g/mol. The van der Waals surface area contributed by atoms with Gasteiger partial charge in [-0.05, 0) is 46.0 Å². The van der Waals surface area contributed by atoms with Crippen molar-refractivity contribution in [1.82, 2.24) is 19.7 Å². The first kappa shape index (κ1) is 19.1. The quantitative estimate of drug-likeness (QED) is 0.523. The molecule has 2 aromatic heterocycles. The highest BCUT2D eigenvalue weighted by atomic mass is 79.9. The van der Waals surface area contributed by atoms with Gasteiger partial charge in [-0.3, -0.25) is 19.6 Å². The second kappa shape index (κ2) is 7.63. The summed E-state index contributed by atoms with van der Waals surface area (Å²) in [7, 11) is 1.84. The molecule has 148 valence electrons. The molecule has 2 atom stereocenters. The maximum Gasteiger partial charge on any atom is 0.254 e. The number of halogens is 1. The Labute approximate surface area is 174 Å². The van der Waals surface area contributed by atoms with Crippen molar-refractivity contribution in [3.8, 4) is 0 Å². The minimum absolute atomic E-state index is 0.103. The van der Waals surface area contributed by atoms with Crippen molar-refractivity contribution in [1.29, 1.82) is 0 Å². The van der Waals surface area contributed by atoms with E-state index in [1.165, 1.54) is 6.20 Å². The first-order valence-electron chi connectivity index (χ1n) is 8.90. The van der Waals surface area contributed by atoms with Crippen LogP contribution in [0.4, 0.5) is 17.5 Å². The summed E-state index contributed by atoms with van der Waals surface area (Å²) in [6.07, 6.45) is 5.74. The molecule has 10 heteroatoms. The number of nitrogens with zero attached hydrogens (tertiary/aromatic N) is 4. The Morgan fingerprint density at radius 3 is 2.76 bits per heavy atom. The Balaban J connectivity index is 1.52. The van der Waals surface area contributed by atoms with Crippen LogP contribution in [0.5, 0.6) is 0 Å². The van der Waals surface area contributed by atoms with Crippen molar-refractivity contribution < 1.29 is 9.59 Å². The van der Waals surface area contributed by atoms with Crippen molar-refractivity contribution in [3.63, 3.8) is 0 Å². The number of benzene rings is 1. The van der Waals surface area contributed by atoms with Crippen molar-refractivity contribution in [2.24, 2.45) is 18.7 Å². The molecule has 0 radical (unpaired) electrons. The summed E-state index contributed by atoms with van der Waals surface area (Å²) in [5.74, 6) is -0.528. The van der Waals surface area contributed by atoms with Gasteiger partial charge in [0.25, 0.3) is 5.91 Å². The summed E-state index contributed by atoms with van der Waals surface area (Å²) < 4.78 is 2.51. The highest BCUT2D eigenvalue weighted by Crippen LogP contribution is 2.47. The standard InChI is InChI=1S/C19H18BrN7O2/c1-27-9-10(7-23-27)11-6-12(11)18(29)26-19-22-8-13(16(21)28)17(25-19)24-15-5-3-2-4-14(15)20/h2-5,7-9,11-12H,6H2,1H3,(H2,21,28)(H2,22,24,25,26,29)/t11-,12+/m0/s1. The fraction of sp³-hybridized carbons (Fsp3) is 0.211. The van der Waals surface area contributed by atoms with E-state index in [1.54, 1.807) is 10.9 Å². The number of nitrogens with one attached hydrogen (secondary N) is 2. The lowest BCUT2D eigenvalue weighted by atomic mass is 10.2. The average molecular weight is 456 g/mol. The highest BCUT2D eigenvalue weighted by molar-refractivity contribution is 9.10. The van der Waals surface area contributed by atoms with Gasteiger partial charge in [-0.1, -0.05) is 12.1 Å². The summed E-state index contributed by atoms with van der Waals surface area (Å²) in [5.41, 5.74) is 7.29. The molecule has 3 aromatic rings. The number of anilines is 3. The van der Waals surface area contributed by atoms with Crippen LogP contribution >= 0.6 is 15.9 Å². The predicted molar refractivity (Wildman–Crippen MR) is 111 cm³/mol. The lowest BCUT2D eigenvalue weighted by molar-refractivity contribution is -0.117. The first-order valence-corrected chi connectivity index (χ1v) is 9.69. The number of hydrogen-bond donors (Lipinski definition) is 3. The van der Waals surface area contributed by atoms with Crippen LogP contribution in [0.25, 0.3) is 0 Å². The van der Waals surface area contributed by atoms with E-state index in [-0.39, 0.29) is 35.1 Å². The van der Waals surface area contributed by atoms with Gasteiger partial charge in [0.1, 0.15) is 11.4 Å². The Hall–Kier alpha value is -3.27. The smallest absolute Gasteiger partial charge is 0.254 e. The number of nitrogens with two attached hydrogens (primary N) is 1. The topological polar surface area (TPSA) is 128 Å². The lowest BCUT2D eigenvalue weighted by Crippen LogP contribution is -2.19. The molecule has 29 heavy (non-hydrogen) atoms. The number of rotatable bonds is 6. The van der Waals surface area contributed by atoms with Gasteiger partial charge in [0.05, 0.1) is 11.9 Å². The number of para-hydroxylation sites is 1. The second-order valence-corrected chi connectivity index (χ2v) is 7.66.